The minimum Gasteiger partial charge on any atom is -0.444 e. The first kappa shape index (κ1) is 12.2. The van der Waals surface area contributed by atoms with Crippen LogP contribution in [0.4, 0.5) is 4.79 Å². The van der Waals surface area contributed by atoms with Gasteiger partial charge in [0.1, 0.15) is 5.60 Å². The fourth-order valence-corrected chi connectivity index (χ4v) is 2.46. The highest BCUT2D eigenvalue weighted by Crippen LogP contribution is 2.37. The van der Waals surface area contributed by atoms with Gasteiger partial charge in [0.05, 0.1) is 5.41 Å². The zero-order valence-corrected chi connectivity index (χ0v) is 10.7. The van der Waals surface area contributed by atoms with Crippen LogP contribution in [-0.4, -0.2) is 42.1 Å². The Labute approximate surface area is 101 Å². The van der Waals surface area contributed by atoms with Gasteiger partial charge in [0.2, 0.25) is 5.91 Å². The van der Waals surface area contributed by atoms with Gasteiger partial charge in [-0.3, -0.25) is 4.79 Å². The number of rotatable bonds is 0. The highest BCUT2D eigenvalue weighted by Gasteiger charge is 2.49. The molecule has 0 bridgehead atoms. The second-order valence-corrected chi connectivity index (χ2v) is 5.94. The lowest BCUT2D eigenvalue weighted by Crippen LogP contribution is -2.39. The van der Waals surface area contributed by atoms with Crippen LogP contribution in [0, 0.1) is 5.41 Å². The molecule has 2 aliphatic heterocycles. The van der Waals surface area contributed by atoms with E-state index >= 15 is 0 Å². The molecule has 1 spiro atoms. The molecule has 1 N–H and O–H groups in total. The van der Waals surface area contributed by atoms with Crippen molar-refractivity contribution in [2.45, 2.75) is 39.2 Å². The average molecular weight is 240 g/mol. The molecule has 1 atom stereocenters. The fourth-order valence-electron chi connectivity index (χ4n) is 2.46. The van der Waals surface area contributed by atoms with E-state index < -0.39 is 5.60 Å². The van der Waals surface area contributed by atoms with Crippen LogP contribution in [0.3, 0.4) is 0 Å². The summed E-state index contributed by atoms with van der Waals surface area (Å²) in [6.07, 6.45) is 1.26. The molecule has 96 valence electrons. The smallest absolute Gasteiger partial charge is 0.410 e. The largest absolute Gasteiger partial charge is 0.444 e. The van der Waals surface area contributed by atoms with E-state index in [0.29, 0.717) is 13.1 Å². The molecule has 0 aromatic carbocycles. The maximum absolute atomic E-state index is 11.9. The van der Waals surface area contributed by atoms with Gasteiger partial charge in [-0.05, 0) is 33.6 Å². The van der Waals surface area contributed by atoms with Crippen LogP contribution < -0.4 is 5.32 Å². The molecule has 2 aliphatic rings. The number of carbonyl (C=O) groups excluding carboxylic acids is 2. The Hall–Kier alpha value is -1.26. The first-order valence-electron chi connectivity index (χ1n) is 6.09. The van der Waals surface area contributed by atoms with Gasteiger partial charge < -0.3 is 15.0 Å². The summed E-state index contributed by atoms with van der Waals surface area (Å²) in [7, 11) is 0. The monoisotopic (exact) mass is 240 g/mol. The van der Waals surface area contributed by atoms with Gasteiger partial charge >= 0.3 is 6.09 Å². The molecule has 0 aliphatic carbocycles. The van der Waals surface area contributed by atoms with Crippen LogP contribution in [0.25, 0.3) is 0 Å². The summed E-state index contributed by atoms with van der Waals surface area (Å²) in [5.74, 6) is 0.0866. The van der Waals surface area contributed by atoms with E-state index in [-0.39, 0.29) is 17.4 Å². The Morgan fingerprint density at radius 1 is 1.41 bits per heavy atom. The number of nitrogens with one attached hydrogen (secondary N) is 1. The van der Waals surface area contributed by atoms with Crippen molar-refractivity contribution < 1.29 is 14.3 Å². The predicted octanol–water partition coefficient (Wildman–Crippen LogP) is 1.13. The third-order valence-corrected chi connectivity index (χ3v) is 3.38. The van der Waals surface area contributed by atoms with Crippen molar-refractivity contribution >= 4 is 12.0 Å². The number of carbonyl (C=O) groups is 2. The normalized spacial score (nSPS) is 28.6. The molecular weight excluding hydrogens is 220 g/mol. The summed E-state index contributed by atoms with van der Waals surface area (Å²) in [5, 5.41) is 2.84. The second-order valence-electron chi connectivity index (χ2n) is 5.94. The summed E-state index contributed by atoms with van der Waals surface area (Å²) in [5.41, 5.74) is -0.832. The SMILES string of the molecule is CC(C)(C)OC(=O)N1CC[C@@]2(CCNC2=O)C1. The van der Waals surface area contributed by atoms with E-state index in [4.69, 9.17) is 4.74 Å². The third kappa shape index (κ3) is 2.37. The summed E-state index contributed by atoms with van der Waals surface area (Å²) in [4.78, 5) is 25.3. The molecule has 5 heteroatoms. The lowest BCUT2D eigenvalue weighted by Gasteiger charge is -2.25. The van der Waals surface area contributed by atoms with Crippen LogP contribution in [0.15, 0.2) is 0 Å². The van der Waals surface area contributed by atoms with E-state index in [1.807, 2.05) is 20.8 Å². The molecule has 0 aromatic rings. The van der Waals surface area contributed by atoms with Crippen molar-refractivity contribution in [3.8, 4) is 0 Å². The van der Waals surface area contributed by atoms with E-state index in [2.05, 4.69) is 5.32 Å². The lowest BCUT2D eigenvalue weighted by atomic mass is 9.86. The Balaban J connectivity index is 1.98. The predicted molar refractivity (Wildman–Crippen MR) is 62.5 cm³/mol. The molecule has 2 rings (SSSR count). The first-order valence-corrected chi connectivity index (χ1v) is 6.09. The Morgan fingerprint density at radius 3 is 2.65 bits per heavy atom. The van der Waals surface area contributed by atoms with Crippen molar-refractivity contribution in [3.63, 3.8) is 0 Å². The minimum absolute atomic E-state index is 0.0866. The Bertz CT molecular complexity index is 348. The zero-order valence-electron chi connectivity index (χ0n) is 10.7. The summed E-state index contributed by atoms with van der Waals surface area (Å²) < 4.78 is 5.31. The molecule has 2 amide bonds. The molecular formula is C12H20N2O3. The number of amides is 2. The molecule has 0 saturated carbocycles. The molecule has 0 aromatic heterocycles. The van der Waals surface area contributed by atoms with Gasteiger partial charge in [-0.15, -0.1) is 0 Å². The minimum atomic E-state index is -0.481. The van der Waals surface area contributed by atoms with Crippen LogP contribution in [0.2, 0.25) is 0 Å². The molecule has 2 saturated heterocycles. The van der Waals surface area contributed by atoms with Crippen molar-refractivity contribution in [1.82, 2.24) is 10.2 Å². The van der Waals surface area contributed by atoms with Gasteiger partial charge in [0.25, 0.3) is 0 Å². The van der Waals surface area contributed by atoms with E-state index in [1.54, 1.807) is 4.90 Å². The van der Waals surface area contributed by atoms with Gasteiger partial charge in [0, 0.05) is 19.6 Å². The second kappa shape index (κ2) is 3.89. The van der Waals surface area contributed by atoms with E-state index in [0.717, 1.165) is 19.4 Å². The molecule has 2 heterocycles. The number of hydrogen-bond donors (Lipinski definition) is 1. The molecule has 0 radical (unpaired) electrons. The molecule has 17 heavy (non-hydrogen) atoms. The van der Waals surface area contributed by atoms with Crippen molar-refractivity contribution in [1.29, 1.82) is 0 Å². The van der Waals surface area contributed by atoms with Crippen molar-refractivity contribution in [3.05, 3.63) is 0 Å². The van der Waals surface area contributed by atoms with Crippen molar-refractivity contribution in [2.75, 3.05) is 19.6 Å². The number of nitrogens with zero attached hydrogens (tertiary/aromatic N) is 1. The standard InChI is InChI=1S/C12H20N2O3/c1-11(2,3)17-10(16)14-7-5-12(8-14)4-6-13-9(12)15/h4-8H2,1-3H3,(H,13,15)/t12-/m0/s1. The third-order valence-electron chi connectivity index (χ3n) is 3.38. The van der Waals surface area contributed by atoms with Gasteiger partial charge in [0.15, 0.2) is 0 Å². The Morgan fingerprint density at radius 2 is 2.12 bits per heavy atom. The van der Waals surface area contributed by atoms with Crippen molar-refractivity contribution in [2.24, 2.45) is 5.41 Å². The topological polar surface area (TPSA) is 58.6 Å². The average Bonchev–Trinajstić information content (AvgIpc) is 2.74. The summed E-state index contributed by atoms with van der Waals surface area (Å²) in [6.45, 7) is 7.37. The summed E-state index contributed by atoms with van der Waals surface area (Å²) >= 11 is 0. The number of hydrogen-bond acceptors (Lipinski definition) is 3. The quantitative estimate of drug-likeness (QED) is 0.690. The maximum Gasteiger partial charge on any atom is 0.410 e. The van der Waals surface area contributed by atoms with Crippen LogP contribution in [-0.2, 0) is 9.53 Å². The highest BCUT2D eigenvalue weighted by molar-refractivity contribution is 5.86. The van der Waals surface area contributed by atoms with Gasteiger partial charge in [-0.1, -0.05) is 0 Å². The zero-order chi connectivity index (χ0) is 12.7. The van der Waals surface area contributed by atoms with Crippen LogP contribution >= 0.6 is 0 Å². The molecule has 5 nitrogen and oxygen atoms in total. The molecule has 0 unspecified atom stereocenters. The van der Waals surface area contributed by atoms with E-state index in [1.165, 1.54) is 0 Å². The number of ether oxygens (including phenoxy) is 1. The fraction of sp³-hybridized carbons (Fsp3) is 0.833. The highest BCUT2D eigenvalue weighted by atomic mass is 16.6. The van der Waals surface area contributed by atoms with Crippen LogP contribution in [0.5, 0.6) is 0 Å². The Kier molecular flexibility index (Phi) is 2.79. The maximum atomic E-state index is 11.9. The van der Waals surface area contributed by atoms with E-state index in [9.17, 15) is 9.59 Å². The molecule has 2 fully saturated rings. The first-order chi connectivity index (χ1) is 7.82. The van der Waals surface area contributed by atoms with Crippen LogP contribution in [0.1, 0.15) is 33.6 Å². The van der Waals surface area contributed by atoms with Gasteiger partial charge in [-0.25, -0.2) is 4.79 Å². The lowest BCUT2D eigenvalue weighted by molar-refractivity contribution is -0.126. The van der Waals surface area contributed by atoms with Gasteiger partial charge in [-0.2, -0.15) is 0 Å². The summed E-state index contributed by atoms with van der Waals surface area (Å²) in [6, 6.07) is 0. The number of likely N-dealkylation sites (tertiary alicyclic amines) is 1.